The van der Waals surface area contributed by atoms with E-state index in [0.717, 1.165) is 29.7 Å². The van der Waals surface area contributed by atoms with Crippen LogP contribution in [-0.2, 0) is 17.6 Å². The fourth-order valence-electron chi connectivity index (χ4n) is 4.19. The summed E-state index contributed by atoms with van der Waals surface area (Å²) in [6, 6.07) is 14.2. The zero-order valence-electron chi connectivity index (χ0n) is 16.7. The number of rotatable bonds is 7. The molecule has 0 saturated carbocycles. The van der Waals surface area contributed by atoms with Gasteiger partial charge in [-0.3, -0.25) is 0 Å². The average molecular weight is 433 g/mol. The summed E-state index contributed by atoms with van der Waals surface area (Å²) in [6.07, 6.45) is -1.22. The van der Waals surface area contributed by atoms with Crippen LogP contribution in [0.15, 0.2) is 47.4 Å². The number of hydrogen-bond acceptors (Lipinski definition) is 7. The van der Waals surface area contributed by atoms with E-state index in [0.29, 0.717) is 5.25 Å². The summed E-state index contributed by atoms with van der Waals surface area (Å²) in [4.78, 5) is 1.31. The third-order valence-electron chi connectivity index (χ3n) is 5.72. The molecule has 1 saturated heterocycles. The number of hydrogen-bond donors (Lipinski definition) is 4. The van der Waals surface area contributed by atoms with Crippen LogP contribution < -0.4 is 4.74 Å². The molecule has 7 heteroatoms. The lowest BCUT2D eigenvalue weighted by atomic mass is 9.92. The second-order valence-corrected chi connectivity index (χ2v) is 9.18. The molecule has 2 aliphatic heterocycles. The summed E-state index contributed by atoms with van der Waals surface area (Å²) >= 11 is 1.87. The van der Waals surface area contributed by atoms with Crippen LogP contribution in [-0.4, -0.2) is 63.8 Å². The topological polar surface area (TPSA) is 99.4 Å². The van der Waals surface area contributed by atoms with E-state index in [2.05, 4.69) is 24.3 Å². The van der Waals surface area contributed by atoms with Gasteiger partial charge in [0.15, 0.2) is 0 Å². The van der Waals surface area contributed by atoms with E-state index >= 15 is 0 Å². The van der Waals surface area contributed by atoms with Crippen molar-refractivity contribution in [3.05, 3.63) is 59.2 Å². The molecule has 3 unspecified atom stereocenters. The highest BCUT2D eigenvalue weighted by atomic mass is 32.2. The standard InChI is InChI=1S/C23H28O6S/c24-7-8-28-19-6-5-14(20-12-18(26)23(27)21(13-25)29-20)9-16(19)11-17-10-15-3-1-2-4-22(15)30-17/h1-6,9,17-18,20-21,23-27H,7-8,10-13H2/t17?,18-,20?,21?,23+/m1/s1. The Morgan fingerprint density at radius 3 is 2.70 bits per heavy atom. The molecule has 1 fully saturated rings. The molecule has 0 radical (unpaired) electrons. The van der Waals surface area contributed by atoms with Crippen LogP contribution in [0.4, 0.5) is 0 Å². The minimum absolute atomic E-state index is 0.0567. The van der Waals surface area contributed by atoms with Crippen LogP contribution in [0.25, 0.3) is 0 Å². The van der Waals surface area contributed by atoms with Crippen molar-refractivity contribution >= 4 is 11.8 Å². The normalized spacial score (nSPS) is 28.3. The molecular formula is C23H28O6S. The predicted octanol–water partition coefficient (Wildman–Crippen LogP) is 1.86. The van der Waals surface area contributed by atoms with Crippen molar-refractivity contribution < 1.29 is 29.9 Å². The Bertz CT molecular complexity index is 834. The maximum atomic E-state index is 10.2. The maximum Gasteiger partial charge on any atom is 0.122 e. The number of aliphatic hydroxyl groups is 4. The molecule has 0 bridgehead atoms. The number of thioether (sulfide) groups is 1. The fourth-order valence-corrected chi connectivity index (χ4v) is 5.53. The van der Waals surface area contributed by atoms with E-state index in [1.54, 1.807) is 0 Å². The summed E-state index contributed by atoms with van der Waals surface area (Å²) in [5, 5.41) is 39.2. The van der Waals surface area contributed by atoms with E-state index in [9.17, 15) is 15.3 Å². The van der Waals surface area contributed by atoms with Gasteiger partial charge in [-0.05, 0) is 47.7 Å². The van der Waals surface area contributed by atoms with Crippen LogP contribution in [0.5, 0.6) is 5.75 Å². The summed E-state index contributed by atoms with van der Waals surface area (Å²) < 4.78 is 11.6. The Hall–Kier alpha value is -1.61. The molecule has 2 heterocycles. The van der Waals surface area contributed by atoms with Crippen molar-refractivity contribution in [3.63, 3.8) is 0 Å². The Balaban J connectivity index is 1.55. The quantitative estimate of drug-likeness (QED) is 0.530. The lowest BCUT2D eigenvalue weighted by Gasteiger charge is -2.36. The van der Waals surface area contributed by atoms with E-state index in [-0.39, 0.29) is 26.2 Å². The van der Waals surface area contributed by atoms with Crippen LogP contribution >= 0.6 is 11.8 Å². The van der Waals surface area contributed by atoms with Gasteiger partial charge in [0, 0.05) is 16.6 Å². The third-order valence-corrected chi connectivity index (χ3v) is 7.04. The van der Waals surface area contributed by atoms with Crippen molar-refractivity contribution in [2.45, 2.75) is 53.8 Å². The van der Waals surface area contributed by atoms with Gasteiger partial charge in [0.05, 0.1) is 25.4 Å². The monoisotopic (exact) mass is 432 g/mol. The molecule has 0 amide bonds. The number of ether oxygens (including phenoxy) is 2. The zero-order valence-corrected chi connectivity index (χ0v) is 17.5. The second-order valence-electron chi connectivity index (χ2n) is 7.83. The fraction of sp³-hybridized carbons (Fsp3) is 0.478. The second kappa shape index (κ2) is 9.68. The number of benzene rings is 2. The molecule has 0 aromatic heterocycles. The van der Waals surface area contributed by atoms with Crippen molar-refractivity contribution in [2.75, 3.05) is 19.8 Å². The summed E-state index contributed by atoms with van der Waals surface area (Å²) in [7, 11) is 0. The lowest BCUT2D eigenvalue weighted by Crippen LogP contribution is -2.47. The molecular weight excluding hydrogens is 404 g/mol. The molecule has 4 rings (SSSR count). The Morgan fingerprint density at radius 1 is 1.10 bits per heavy atom. The predicted molar refractivity (Wildman–Crippen MR) is 114 cm³/mol. The molecule has 0 spiro atoms. The van der Waals surface area contributed by atoms with E-state index in [1.165, 1.54) is 10.5 Å². The first-order valence-electron chi connectivity index (χ1n) is 10.3. The molecule has 5 atom stereocenters. The lowest BCUT2D eigenvalue weighted by molar-refractivity contribution is -0.181. The first-order chi connectivity index (χ1) is 14.6. The Morgan fingerprint density at radius 2 is 1.93 bits per heavy atom. The molecule has 2 aromatic carbocycles. The smallest absolute Gasteiger partial charge is 0.122 e. The van der Waals surface area contributed by atoms with Crippen LogP contribution in [0.2, 0.25) is 0 Å². The van der Waals surface area contributed by atoms with Gasteiger partial charge in [-0.1, -0.05) is 24.3 Å². The van der Waals surface area contributed by atoms with E-state index < -0.39 is 24.4 Å². The highest BCUT2D eigenvalue weighted by molar-refractivity contribution is 8.00. The SMILES string of the molecule is OCCOc1ccc(C2C[C@@H](O)[C@H](O)C(CO)O2)cc1CC1Cc2ccccc2S1. The van der Waals surface area contributed by atoms with Gasteiger partial charge in [0.25, 0.3) is 0 Å². The van der Waals surface area contributed by atoms with Crippen LogP contribution in [0.1, 0.15) is 29.2 Å². The van der Waals surface area contributed by atoms with Gasteiger partial charge in [-0.25, -0.2) is 0 Å². The first-order valence-corrected chi connectivity index (χ1v) is 11.2. The van der Waals surface area contributed by atoms with Gasteiger partial charge < -0.3 is 29.9 Å². The highest BCUT2D eigenvalue weighted by Gasteiger charge is 2.37. The van der Waals surface area contributed by atoms with Crippen molar-refractivity contribution in [1.82, 2.24) is 0 Å². The molecule has 0 aliphatic carbocycles. The van der Waals surface area contributed by atoms with Gasteiger partial charge in [-0.2, -0.15) is 0 Å². The van der Waals surface area contributed by atoms with Gasteiger partial charge >= 0.3 is 0 Å². The van der Waals surface area contributed by atoms with Crippen molar-refractivity contribution in [2.24, 2.45) is 0 Å². The Kier molecular flexibility index (Phi) is 6.98. The van der Waals surface area contributed by atoms with E-state index in [4.69, 9.17) is 14.6 Å². The largest absolute Gasteiger partial charge is 0.491 e. The first kappa shape index (κ1) is 21.6. The van der Waals surface area contributed by atoms with Gasteiger partial charge in [-0.15, -0.1) is 11.8 Å². The number of aliphatic hydroxyl groups excluding tert-OH is 4. The van der Waals surface area contributed by atoms with Gasteiger partial charge in [0.1, 0.15) is 24.6 Å². The summed E-state index contributed by atoms with van der Waals surface area (Å²) in [6.45, 7) is -0.184. The van der Waals surface area contributed by atoms with Crippen molar-refractivity contribution in [3.8, 4) is 5.75 Å². The highest BCUT2D eigenvalue weighted by Crippen LogP contribution is 2.40. The zero-order chi connectivity index (χ0) is 21.1. The van der Waals surface area contributed by atoms with Gasteiger partial charge in [0.2, 0.25) is 0 Å². The van der Waals surface area contributed by atoms with Crippen molar-refractivity contribution in [1.29, 1.82) is 0 Å². The molecule has 4 N–H and O–H groups in total. The molecule has 2 aromatic rings. The van der Waals surface area contributed by atoms with Crippen LogP contribution in [0, 0.1) is 0 Å². The summed E-state index contributed by atoms with van der Waals surface area (Å²) in [5.74, 6) is 0.736. The molecule has 30 heavy (non-hydrogen) atoms. The summed E-state index contributed by atoms with van der Waals surface area (Å²) in [5.41, 5.74) is 3.27. The average Bonchev–Trinajstić information content (AvgIpc) is 3.17. The maximum absolute atomic E-state index is 10.2. The molecule has 6 nitrogen and oxygen atoms in total. The van der Waals surface area contributed by atoms with E-state index in [1.807, 2.05) is 30.0 Å². The minimum atomic E-state index is -1.09. The van der Waals surface area contributed by atoms with Crippen LogP contribution in [0.3, 0.4) is 0 Å². The molecule has 2 aliphatic rings. The number of fused-ring (bicyclic) bond motifs is 1. The minimum Gasteiger partial charge on any atom is -0.491 e. The third kappa shape index (κ3) is 4.66. The Labute approximate surface area is 180 Å². The molecule has 162 valence electrons.